The molecule has 0 bridgehead atoms. The summed E-state index contributed by atoms with van der Waals surface area (Å²) in [7, 11) is 0. The van der Waals surface area contributed by atoms with Gasteiger partial charge < -0.3 is 10.6 Å². The molecule has 2 N–H and O–H groups in total. The molecule has 3 rings (SSSR count). The van der Waals surface area contributed by atoms with E-state index in [4.69, 9.17) is 31.0 Å². The first-order valence-corrected chi connectivity index (χ1v) is 10.1. The van der Waals surface area contributed by atoms with Crippen LogP contribution in [0.5, 0.6) is 0 Å². The molecule has 1 heterocycles. The van der Waals surface area contributed by atoms with Crippen molar-refractivity contribution in [1.29, 1.82) is 5.26 Å². The molecule has 0 amide bonds. The summed E-state index contributed by atoms with van der Waals surface area (Å²) in [5.74, 6) is 2.71. The van der Waals surface area contributed by atoms with Crippen molar-refractivity contribution in [2.75, 3.05) is 17.2 Å². The number of terminal acetylenes is 1. The molecule has 0 saturated carbocycles. The quantitative estimate of drug-likeness (QED) is 0.438. The maximum Gasteiger partial charge on any atom is 0.115 e. The van der Waals surface area contributed by atoms with Gasteiger partial charge in [0.15, 0.2) is 0 Å². The first kappa shape index (κ1) is 20.4. The highest BCUT2D eigenvalue weighted by molar-refractivity contribution is 6.36. The van der Waals surface area contributed by atoms with Crippen molar-refractivity contribution >= 4 is 45.5 Å². The lowest BCUT2D eigenvalue weighted by Gasteiger charge is -2.22. The Morgan fingerprint density at radius 3 is 2.60 bits per heavy atom. The Balaban J connectivity index is 2.13. The van der Waals surface area contributed by atoms with Crippen molar-refractivity contribution in [1.82, 2.24) is 4.98 Å². The van der Waals surface area contributed by atoms with E-state index in [0.717, 1.165) is 5.56 Å². The van der Waals surface area contributed by atoms with Crippen molar-refractivity contribution in [2.24, 2.45) is 5.41 Å². The van der Waals surface area contributed by atoms with Gasteiger partial charge in [0.05, 0.1) is 23.2 Å². The summed E-state index contributed by atoms with van der Waals surface area (Å²) in [6.45, 7) is 6.84. The fraction of sp³-hybridized carbons (Fsp3) is 0.250. The molecule has 0 aliphatic carbocycles. The van der Waals surface area contributed by atoms with Crippen LogP contribution in [0.4, 0.5) is 11.4 Å². The van der Waals surface area contributed by atoms with Gasteiger partial charge in [-0.05, 0) is 23.6 Å². The molecular formula is C24H22Cl2N4. The Morgan fingerprint density at radius 2 is 1.97 bits per heavy atom. The zero-order valence-electron chi connectivity index (χ0n) is 18.0. The Morgan fingerprint density at radius 1 is 1.23 bits per heavy atom. The monoisotopic (exact) mass is 437 g/mol. The standard InChI is InChI=1S/C24H22Cl2N4/c1-5-21(17-8-6-7-9-19(17)25)30-16-10-18-22(29-14-24(2,3)4)15(12-27)13-28-23(18)20(26)11-16/h1,6-11,13,21,30H,14H2,2-4H3,(H,28,29)/i13D. The molecule has 1 aromatic heterocycles. The van der Waals surface area contributed by atoms with Crippen LogP contribution in [0.15, 0.2) is 42.6 Å². The maximum atomic E-state index is 9.65. The fourth-order valence-electron chi connectivity index (χ4n) is 2.99. The fourth-order valence-corrected chi connectivity index (χ4v) is 3.50. The molecule has 152 valence electrons. The van der Waals surface area contributed by atoms with Gasteiger partial charge >= 0.3 is 0 Å². The van der Waals surface area contributed by atoms with Crippen molar-refractivity contribution < 1.29 is 1.37 Å². The largest absolute Gasteiger partial charge is 0.383 e. The molecular weight excluding hydrogens is 415 g/mol. The van der Waals surface area contributed by atoms with Crippen LogP contribution in [0.1, 0.15) is 39.3 Å². The maximum absolute atomic E-state index is 9.65. The molecule has 0 fully saturated rings. The van der Waals surface area contributed by atoms with Gasteiger partial charge in [-0.1, -0.05) is 68.1 Å². The van der Waals surface area contributed by atoms with Crippen molar-refractivity contribution in [3.8, 4) is 18.4 Å². The molecule has 0 radical (unpaired) electrons. The van der Waals surface area contributed by atoms with Crippen molar-refractivity contribution in [2.45, 2.75) is 26.8 Å². The summed E-state index contributed by atoms with van der Waals surface area (Å²) in [6, 6.07) is 12.5. The number of fused-ring (bicyclic) bond motifs is 1. The highest BCUT2D eigenvalue weighted by atomic mass is 35.5. The molecule has 1 atom stereocenters. The number of hydrogen-bond donors (Lipinski definition) is 2. The number of hydrogen-bond acceptors (Lipinski definition) is 4. The van der Waals surface area contributed by atoms with Gasteiger partial charge in [0.2, 0.25) is 0 Å². The lowest BCUT2D eigenvalue weighted by Crippen LogP contribution is -2.19. The molecule has 2 aromatic carbocycles. The highest BCUT2D eigenvalue weighted by Gasteiger charge is 2.17. The number of rotatable bonds is 5. The van der Waals surface area contributed by atoms with Crippen LogP contribution in [0.25, 0.3) is 10.9 Å². The van der Waals surface area contributed by atoms with Gasteiger partial charge in [0.25, 0.3) is 0 Å². The van der Waals surface area contributed by atoms with Crippen LogP contribution in [0.3, 0.4) is 0 Å². The number of nitrogens with zero attached hydrogens (tertiary/aromatic N) is 2. The number of nitriles is 1. The predicted molar refractivity (Wildman–Crippen MR) is 126 cm³/mol. The van der Waals surface area contributed by atoms with E-state index in [1.165, 1.54) is 0 Å². The summed E-state index contributed by atoms with van der Waals surface area (Å²) in [6.07, 6.45) is 5.65. The lowest BCUT2D eigenvalue weighted by molar-refractivity contribution is 0.443. The van der Waals surface area contributed by atoms with Crippen LogP contribution in [0, 0.1) is 29.1 Å². The predicted octanol–water partition coefficient (Wildman–Crippen LogP) is 6.66. The third kappa shape index (κ3) is 4.79. The van der Waals surface area contributed by atoms with Crippen LogP contribution < -0.4 is 10.6 Å². The second-order valence-electron chi connectivity index (χ2n) is 8.12. The Labute approximate surface area is 188 Å². The molecule has 4 nitrogen and oxygen atoms in total. The minimum absolute atomic E-state index is 0.0389. The normalized spacial score (nSPS) is 12.6. The number of pyridine rings is 1. The summed E-state index contributed by atoms with van der Waals surface area (Å²) >= 11 is 12.8. The van der Waals surface area contributed by atoms with Crippen LogP contribution in [0.2, 0.25) is 10.0 Å². The molecule has 30 heavy (non-hydrogen) atoms. The van der Waals surface area contributed by atoms with Crippen molar-refractivity contribution in [3.63, 3.8) is 0 Å². The Kier molecular flexibility index (Phi) is 6.00. The van der Waals surface area contributed by atoms with Crippen LogP contribution in [-0.2, 0) is 0 Å². The number of anilines is 2. The molecule has 0 aliphatic heterocycles. The average Bonchev–Trinajstić information content (AvgIpc) is 2.70. The van der Waals surface area contributed by atoms with E-state index in [1.54, 1.807) is 12.1 Å². The van der Waals surface area contributed by atoms with E-state index >= 15 is 0 Å². The van der Waals surface area contributed by atoms with Gasteiger partial charge in [-0.3, -0.25) is 4.98 Å². The highest BCUT2D eigenvalue weighted by Crippen LogP contribution is 2.35. The summed E-state index contributed by atoms with van der Waals surface area (Å²) in [5.41, 5.74) is 2.54. The first-order valence-electron chi connectivity index (χ1n) is 9.89. The lowest BCUT2D eigenvalue weighted by atomic mass is 9.96. The third-order valence-electron chi connectivity index (χ3n) is 4.46. The second kappa shape index (κ2) is 8.84. The van der Waals surface area contributed by atoms with E-state index in [0.29, 0.717) is 38.9 Å². The first-order chi connectivity index (χ1) is 14.6. The number of nitrogens with one attached hydrogen (secondary N) is 2. The minimum Gasteiger partial charge on any atom is -0.383 e. The van der Waals surface area contributed by atoms with E-state index in [2.05, 4.69) is 48.4 Å². The third-order valence-corrected chi connectivity index (χ3v) is 5.10. The number of halogens is 2. The molecule has 0 aliphatic rings. The van der Waals surface area contributed by atoms with Gasteiger partial charge in [0, 0.05) is 34.4 Å². The summed E-state index contributed by atoms with van der Waals surface area (Å²) in [5, 5.41) is 17.8. The molecule has 6 heteroatoms. The molecule has 0 saturated heterocycles. The van der Waals surface area contributed by atoms with Gasteiger partial charge in [0.1, 0.15) is 12.1 Å². The smallest absolute Gasteiger partial charge is 0.115 e. The molecule has 3 aromatic rings. The Bertz CT molecular complexity index is 1220. The van der Waals surface area contributed by atoms with Crippen LogP contribution >= 0.6 is 23.2 Å². The van der Waals surface area contributed by atoms with Gasteiger partial charge in [-0.2, -0.15) is 5.26 Å². The zero-order valence-corrected chi connectivity index (χ0v) is 18.5. The van der Waals surface area contributed by atoms with Gasteiger partial charge in [-0.15, -0.1) is 6.42 Å². The Hall–Kier alpha value is -2.92. The number of aromatic nitrogens is 1. The molecule has 0 spiro atoms. The van der Waals surface area contributed by atoms with E-state index in [-0.39, 0.29) is 17.2 Å². The van der Waals surface area contributed by atoms with Crippen LogP contribution in [-0.4, -0.2) is 11.5 Å². The molecule has 1 unspecified atom stereocenters. The summed E-state index contributed by atoms with van der Waals surface area (Å²) in [4.78, 5) is 4.25. The summed E-state index contributed by atoms with van der Waals surface area (Å²) < 4.78 is 8.17. The zero-order chi connectivity index (χ0) is 22.8. The van der Waals surface area contributed by atoms with E-state index in [1.807, 2.05) is 24.3 Å². The van der Waals surface area contributed by atoms with E-state index in [9.17, 15) is 5.26 Å². The topological polar surface area (TPSA) is 60.7 Å². The minimum atomic E-state index is -0.480. The van der Waals surface area contributed by atoms with E-state index < -0.39 is 6.04 Å². The number of benzene rings is 2. The second-order valence-corrected chi connectivity index (χ2v) is 8.93. The van der Waals surface area contributed by atoms with Crippen molar-refractivity contribution in [3.05, 3.63) is 63.7 Å². The average molecular weight is 438 g/mol. The SMILES string of the molecule is [2H]c1nc2c(Cl)cc(NC(C#C)c3ccccc3Cl)cc2c(NCC(C)(C)C)c1C#N. The van der Waals surface area contributed by atoms with Gasteiger partial charge in [-0.25, -0.2) is 0 Å².